The molecule has 2 rings (SSSR count). The summed E-state index contributed by atoms with van der Waals surface area (Å²) in [7, 11) is 1.65. The summed E-state index contributed by atoms with van der Waals surface area (Å²) >= 11 is 0. The van der Waals surface area contributed by atoms with Crippen molar-refractivity contribution in [3.05, 3.63) is 23.4 Å². The molecule has 1 aromatic rings. The van der Waals surface area contributed by atoms with Crippen molar-refractivity contribution in [3.8, 4) is 6.07 Å². The Labute approximate surface area is 114 Å². The highest BCUT2D eigenvalue weighted by Crippen LogP contribution is 2.24. The van der Waals surface area contributed by atoms with Crippen LogP contribution < -0.4 is 5.59 Å². The molecule has 2 heterocycles. The van der Waals surface area contributed by atoms with Crippen molar-refractivity contribution in [2.75, 3.05) is 0 Å². The van der Waals surface area contributed by atoms with E-state index in [1.807, 2.05) is 36.6 Å². The monoisotopic (exact) mass is 257 g/mol. The molecule has 0 aromatic carbocycles. The molecule has 99 valence electrons. The van der Waals surface area contributed by atoms with Gasteiger partial charge in [-0.05, 0) is 45.9 Å². The van der Waals surface area contributed by atoms with Gasteiger partial charge in [0.25, 0.3) is 0 Å². The molecule has 0 fully saturated rings. The number of hydrogen-bond acceptors (Lipinski definition) is 3. The molecule has 0 atom stereocenters. The van der Waals surface area contributed by atoms with Gasteiger partial charge in [0.15, 0.2) is 0 Å². The summed E-state index contributed by atoms with van der Waals surface area (Å²) in [5, 5.41) is 18.9. The van der Waals surface area contributed by atoms with Gasteiger partial charge in [-0.25, -0.2) is 0 Å². The lowest BCUT2D eigenvalue weighted by molar-refractivity contribution is -0.0894. The fraction of sp³-hybridized carbons (Fsp3) is 0.500. The van der Waals surface area contributed by atoms with E-state index in [0.717, 1.165) is 16.9 Å². The third-order valence-electron chi connectivity index (χ3n) is 3.79. The Balaban J connectivity index is 2.08. The lowest BCUT2D eigenvalue weighted by atomic mass is 9.85. The summed E-state index contributed by atoms with van der Waals surface area (Å²) in [5.41, 5.74) is 1.01. The molecular formula is C14H18BN2O2. The molecule has 0 unspecified atom stereocenters. The Kier molecular flexibility index (Phi) is 3.33. The molecule has 19 heavy (non-hydrogen) atoms. The van der Waals surface area contributed by atoms with Crippen LogP contribution in [0.3, 0.4) is 0 Å². The van der Waals surface area contributed by atoms with Gasteiger partial charge < -0.3 is 14.3 Å². The molecule has 0 saturated heterocycles. The van der Waals surface area contributed by atoms with Crippen LogP contribution in [0.5, 0.6) is 0 Å². The molecule has 1 aliphatic rings. The standard InChI is InChI=1S/C14H18BN2O2/c1-13(2,18)14(3,4)19-15-12-6-5-11-7-10(8-16)9-17(11)12/h5-7,18H,9H2,1-4H3. The number of fused-ring (bicyclic) bond motifs is 1. The largest absolute Gasteiger partial charge is 0.425 e. The maximum absolute atomic E-state index is 10.0. The van der Waals surface area contributed by atoms with E-state index < -0.39 is 11.2 Å². The van der Waals surface area contributed by atoms with Crippen molar-refractivity contribution in [2.24, 2.45) is 0 Å². The first-order valence-electron chi connectivity index (χ1n) is 6.28. The topological polar surface area (TPSA) is 58.2 Å². The number of aliphatic hydroxyl groups is 1. The molecule has 0 aliphatic carbocycles. The average molecular weight is 257 g/mol. The highest BCUT2D eigenvalue weighted by molar-refractivity contribution is 6.46. The van der Waals surface area contributed by atoms with Gasteiger partial charge in [-0.3, -0.25) is 0 Å². The third kappa shape index (κ3) is 2.60. The second-order valence-corrected chi connectivity index (χ2v) is 5.86. The lowest BCUT2D eigenvalue weighted by Crippen LogP contribution is -2.49. The molecular weight excluding hydrogens is 239 g/mol. The van der Waals surface area contributed by atoms with Crippen molar-refractivity contribution in [2.45, 2.75) is 45.4 Å². The minimum Gasteiger partial charge on any atom is -0.425 e. The molecule has 0 spiro atoms. The van der Waals surface area contributed by atoms with Crippen molar-refractivity contribution >= 4 is 19.2 Å². The zero-order chi connectivity index (χ0) is 14.3. The van der Waals surface area contributed by atoms with Crippen LogP contribution in [0.25, 0.3) is 6.08 Å². The van der Waals surface area contributed by atoms with E-state index in [0.29, 0.717) is 6.54 Å². The second kappa shape index (κ2) is 4.55. The van der Waals surface area contributed by atoms with Crippen molar-refractivity contribution in [3.63, 3.8) is 0 Å². The minimum atomic E-state index is -0.944. The molecule has 1 radical (unpaired) electrons. The minimum absolute atomic E-state index is 0.580. The van der Waals surface area contributed by atoms with Gasteiger partial charge in [-0.1, -0.05) is 0 Å². The number of rotatable bonds is 4. The van der Waals surface area contributed by atoms with Crippen LogP contribution in [0.2, 0.25) is 0 Å². The summed E-state index contributed by atoms with van der Waals surface area (Å²) in [6.07, 6.45) is 1.87. The number of hydrogen-bond donors (Lipinski definition) is 1. The zero-order valence-electron chi connectivity index (χ0n) is 11.8. The summed E-state index contributed by atoms with van der Waals surface area (Å²) in [5.74, 6) is 0. The van der Waals surface area contributed by atoms with Gasteiger partial charge in [0.05, 0.1) is 29.4 Å². The zero-order valence-corrected chi connectivity index (χ0v) is 11.8. The predicted molar refractivity (Wildman–Crippen MR) is 74.9 cm³/mol. The van der Waals surface area contributed by atoms with Crippen LogP contribution in [0, 0.1) is 11.3 Å². The van der Waals surface area contributed by atoms with E-state index in [-0.39, 0.29) is 0 Å². The Morgan fingerprint density at radius 2 is 2.05 bits per heavy atom. The lowest BCUT2D eigenvalue weighted by Gasteiger charge is -2.37. The van der Waals surface area contributed by atoms with E-state index in [4.69, 9.17) is 9.92 Å². The first kappa shape index (κ1) is 13.9. The molecule has 4 nitrogen and oxygen atoms in total. The van der Waals surface area contributed by atoms with E-state index in [1.165, 1.54) is 0 Å². The van der Waals surface area contributed by atoms with Gasteiger partial charge in [0, 0.05) is 11.3 Å². The number of nitriles is 1. The number of allylic oxidation sites excluding steroid dienone is 1. The van der Waals surface area contributed by atoms with Gasteiger partial charge in [0.2, 0.25) is 0 Å². The van der Waals surface area contributed by atoms with Crippen LogP contribution in [0.1, 0.15) is 33.4 Å². The van der Waals surface area contributed by atoms with Crippen LogP contribution in [-0.2, 0) is 11.2 Å². The molecule has 1 aromatic heterocycles. The maximum Gasteiger partial charge on any atom is 0.348 e. The van der Waals surface area contributed by atoms with Crippen molar-refractivity contribution in [1.82, 2.24) is 4.57 Å². The number of aromatic nitrogens is 1. The van der Waals surface area contributed by atoms with Crippen LogP contribution in [0.15, 0.2) is 17.7 Å². The predicted octanol–water partition coefficient (Wildman–Crippen LogP) is 1.22. The van der Waals surface area contributed by atoms with E-state index in [2.05, 4.69) is 6.07 Å². The van der Waals surface area contributed by atoms with Gasteiger partial charge in [-0.15, -0.1) is 0 Å². The van der Waals surface area contributed by atoms with Gasteiger partial charge >= 0.3 is 7.48 Å². The highest BCUT2D eigenvalue weighted by Gasteiger charge is 2.36. The molecule has 0 bridgehead atoms. The molecule has 5 heteroatoms. The molecule has 0 saturated carbocycles. The summed E-state index contributed by atoms with van der Waals surface area (Å²) in [6.45, 7) is 7.71. The maximum atomic E-state index is 10.0. The van der Waals surface area contributed by atoms with Gasteiger partial charge in [0.1, 0.15) is 0 Å². The van der Waals surface area contributed by atoms with Crippen molar-refractivity contribution < 1.29 is 9.76 Å². The Bertz CT molecular complexity index is 559. The quantitative estimate of drug-likeness (QED) is 0.825. The normalized spacial score (nSPS) is 14.8. The first-order valence-corrected chi connectivity index (χ1v) is 6.28. The fourth-order valence-electron chi connectivity index (χ4n) is 1.73. The van der Waals surface area contributed by atoms with Gasteiger partial charge in [-0.2, -0.15) is 5.26 Å². The Hall–Kier alpha value is -1.51. The van der Waals surface area contributed by atoms with E-state index >= 15 is 0 Å². The second-order valence-electron chi connectivity index (χ2n) is 5.86. The number of nitrogens with zero attached hydrogens (tertiary/aromatic N) is 2. The summed E-state index contributed by atoms with van der Waals surface area (Å²) in [6, 6.07) is 6.07. The summed E-state index contributed by atoms with van der Waals surface area (Å²) < 4.78 is 7.74. The third-order valence-corrected chi connectivity index (χ3v) is 3.79. The Morgan fingerprint density at radius 1 is 1.37 bits per heavy atom. The first-order chi connectivity index (χ1) is 8.74. The van der Waals surface area contributed by atoms with Crippen LogP contribution in [0.4, 0.5) is 0 Å². The van der Waals surface area contributed by atoms with E-state index in [9.17, 15) is 5.11 Å². The SMILES string of the molecule is CC(C)(O)C(C)(C)O[B]c1ccc2n1CC(C#N)=C2. The average Bonchev–Trinajstić information content (AvgIpc) is 2.84. The van der Waals surface area contributed by atoms with E-state index in [1.54, 1.807) is 21.3 Å². The van der Waals surface area contributed by atoms with Crippen LogP contribution >= 0.6 is 0 Å². The van der Waals surface area contributed by atoms with Crippen LogP contribution in [-0.4, -0.2) is 28.4 Å². The molecule has 1 aliphatic heterocycles. The molecule has 0 amide bonds. The van der Waals surface area contributed by atoms with Crippen molar-refractivity contribution in [1.29, 1.82) is 5.26 Å². The summed E-state index contributed by atoms with van der Waals surface area (Å²) in [4.78, 5) is 0. The fourth-order valence-corrected chi connectivity index (χ4v) is 1.73. The Morgan fingerprint density at radius 3 is 2.63 bits per heavy atom. The molecule has 1 N–H and O–H groups in total. The highest BCUT2D eigenvalue weighted by atomic mass is 16.5. The smallest absolute Gasteiger partial charge is 0.348 e.